The quantitative estimate of drug-likeness (QED) is 0.157. The summed E-state index contributed by atoms with van der Waals surface area (Å²) >= 11 is 0. The molecule has 3 aromatic heterocycles. The van der Waals surface area contributed by atoms with Crippen LogP contribution in [0.2, 0.25) is 0 Å². The first-order valence-electron chi connectivity index (χ1n) is 23.6. The highest BCUT2D eigenvalue weighted by atomic mass is 15.0. The third-order valence-electron chi connectivity index (χ3n) is 15.8. The van der Waals surface area contributed by atoms with Crippen LogP contribution in [0.15, 0.2) is 200 Å². The molecule has 10 aromatic carbocycles. The summed E-state index contributed by atoms with van der Waals surface area (Å²) in [6.45, 7) is 0. The topological polar surface area (TPSA) is 9.34 Å². The van der Waals surface area contributed by atoms with Crippen LogP contribution in [0.5, 0.6) is 0 Å². The Kier molecular flexibility index (Phi) is 6.79. The number of nitrogens with zero attached hydrogens (tertiary/aromatic N) is 2. The molecule has 4 heterocycles. The summed E-state index contributed by atoms with van der Waals surface area (Å²) in [7, 11) is 0. The number of hydrogen-bond acceptors (Lipinski definition) is 0. The van der Waals surface area contributed by atoms with Crippen molar-refractivity contribution in [2.24, 2.45) is 0 Å². The first kappa shape index (κ1) is 35.2. The predicted octanol–water partition coefficient (Wildman–Crippen LogP) is 17.1. The van der Waals surface area contributed by atoms with Gasteiger partial charge in [0.05, 0.1) is 28.1 Å². The van der Waals surface area contributed by atoms with Gasteiger partial charge in [-0.3, -0.25) is 0 Å². The van der Waals surface area contributed by atoms with Crippen molar-refractivity contribution in [3.05, 3.63) is 217 Å². The van der Waals surface area contributed by atoms with Gasteiger partial charge >= 0.3 is 0 Å². The molecular formula is C64H40N2. The van der Waals surface area contributed by atoms with Crippen LogP contribution in [0.1, 0.15) is 35.1 Å². The smallest absolute Gasteiger partial charge is 0.0630 e. The highest BCUT2D eigenvalue weighted by molar-refractivity contribution is 6.29. The van der Waals surface area contributed by atoms with E-state index in [9.17, 15) is 0 Å². The molecule has 16 rings (SSSR count). The van der Waals surface area contributed by atoms with Gasteiger partial charge in [0, 0.05) is 43.8 Å². The maximum Gasteiger partial charge on any atom is 0.0630 e. The lowest BCUT2D eigenvalue weighted by molar-refractivity contribution is 0.615. The van der Waals surface area contributed by atoms with Crippen molar-refractivity contribution >= 4 is 98.3 Å². The van der Waals surface area contributed by atoms with Gasteiger partial charge in [-0.1, -0.05) is 176 Å². The molecule has 3 aliphatic rings. The minimum atomic E-state index is 0.239. The Morgan fingerprint density at radius 2 is 1.05 bits per heavy atom. The number of hydrogen-bond donors (Lipinski definition) is 0. The van der Waals surface area contributed by atoms with Crippen LogP contribution in [0, 0.1) is 0 Å². The zero-order valence-corrected chi connectivity index (χ0v) is 36.1. The van der Waals surface area contributed by atoms with E-state index >= 15 is 0 Å². The summed E-state index contributed by atoms with van der Waals surface area (Å²) in [6, 6.07) is 65.2. The van der Waals surface area contributed by atoms with Crippen molar-refractivity contribution in [3.63, 3.8) is 0 Å². The first-order chi connectivity index (χ1) is 32.8. The lowest BCUT2D eigenvalue weighted by Gasteiger charge is -2.24. The highest BCUT2D eigenvalue weighted by Crippen LogP contribution is 2.55. The van der Waals surface area contributed by atoms with Crippen molar-refractivity contribution in [1.82, 2.24) is 8.97 Å². The van der Waals surface area contributed by atoms with E-state index in [0.717, 1.165) is 12.8 Å². The predicted molar refractivity (Wildman–Crippen MR) is 280 cm³/mol. The molecule has 2 atom stereocenters. The van der Waals surface area contributed by atoms with Crippen LogP contribution in [-0.2, 0) is 6.42 Å². The molecule has 0 saturated carbocycles. The Bertz CT molecular complexity index is 4410. The normalized spacial score (nSPS) is 16.5. The number of para-hydroxylation sites is 3. The fourth-order valence-electron chi connectivity index (χ4n) is 13.3. The van der Waals surface area contributed by atoms with Gasteiger partial charge in [0.1, 0.15) is 0 Å². The summed E-state index contributed by atoms with van der Waals surface area (Å²) in [6.07, 6.45) is 16.1. The lowest BCUT2D eigenvalue weighted by atomic mass is 9.79. The van der Waals surface area contributed by atoms with E-state index in [1.165, 1.54) is 142 Å². The highest BCUT2D eigenvalue weighted by Gasteiger charge is 2.37. The van der Waals surface area contributed by atoms with Crippen molar-refractivity contribution < 1.29 is 0 Å². The van der Waals surface area contributed by atoms with Gasteiger partial charge in [-0.2, -0.15) is 0 Å². The zero-order chi connectivity index (χ0) is 42.8. The van der Waals surface area contributed by atoms with Gasteiger partial charge in [0.25, 0.3) is 0 Å². The summed E-state index contributed by atoms with van der Waals surface area (Å²) < 4.78 is 5.14. The molecule has 0 N–H and O–H groups in total. The monoisotopic (exact) mass is 836 g/mol. The van der Waals surface area contributed by atoms with Crippen LogP contribution >= 0.6 is 0 Å². The Morgan fingerprint density at radius 3 is 1.85 bits per heavy atom. The summed E-state index contributed by atoms with van der Waals surface area (Å²) in [5.74, 6) is 0.249. The van der Waals surface area contributed by atoms with Gasteiger partial charge in [-0.05, 0) is 126 Å². The summed E-state index contributed by atoms with van der Waals surface area (Å²) in [5.41, 5.74) is 18.6. The second kappa shape index (κ2) is 12.7. The largest absolute Gasteiger partial charge is 0.332 e. The minimum absolute atomic E-state index is 0.239. The molecule has 0 bridgehead atoms. The van der Waals surface area contributed by atoms with E-state index in [0.29, 0.717) is 0 Å². The number of rotatable bonds is 3. The van der Waals surface area contributed by atoms with Crippen LogP contribution in [0.25, 0.3) is 132 Å². The van der Waals surface area contributed by atoms with Crippen molar-refractivity contribution in [3.8, 4) is 33.4 Å². The fraction of sp³-hybridized carbons (Fsp3) is 0.0625. The third kappa shape index (κ3) is 4.37. The maximum atomic E-state index is 2.63. The molecule has 1 aliphatic heterocycles. The summed E-state index contributed by atoms with van der Waals surface area (Å²) in [5, 5.41) is 15.7. The molecule has 13 aromatic rings. The number of aromatic nitrogens is 2. The molecule has 0 spiro atoms. The average molecular weight is 837 g/mol. The molecule has 0 amide bonds. The first-order valence-corrected chi connectivity index (χ1v) is 23.6. The molecule has 0 saturated heterocycles. The Balaban J connectivity index is 1.08. The van der Waals surface area contributed by atoms with E-state index in [1.54, 1.807) is 0 Å². The van der Waals surface area contributed by atoms with E-state index < -0.39 is 0 Å². The number of benzene rings is 10. The number of allylic oxidation sites excluding steroid dienone is 5. The van der Waals surface area contributed by atoms with E-state index in [1.807, 2.05) is 0 Å². The molecule has 2 unspecified atom stereocenters. The van der Waals surface area contributed by atoms with Crippen LogP contribution in [-0.4, -0.2) is 8.97 Å². The average Bonchev–Trinajstić information content (AvgIpc) is 4.11. The molecule has 0 fully saturated rings. The molecule has 2 heteroatoms. The van der Waals surface area contributed by atoms with Crippen molar-refractivity contribution in [2.45, 2.75) is 24.8 Å². The molecule has 306 valence electrons. The van der Waals surface area contributed by atoms with Gasteiger partial charge in [0.15, 0.2) is 0 Å². The van der Waals surface area contributed by atoms with Crippen LogP contribution in [0.3, 0.4) is 0 Å². The number of fused-ring (bicyclic) bond motifs is 16. The molecule has 2 aliphatic carbocycles. The SMILES string of the molecule is C1=CC2c3c(-c4cccc5c(-c6c7c(cc8ccccc68)C=CCC7)c6cccc(-c7ccc8c9ccccc9n9c%10ccccc%10c7c89)c6cc45)ccc4c5ccccc5n(c34)C2C=C1. The molecule has 66 heavy (non-hydrogen) atoms. The second-order valence-corrected chi connectivity index (χ2v) is 18.9. The minimum Gasteiger partial charge on any atom is -0.332 e. The maximum absolute atomic E-state index is 2.63. The molecular weight excluding hydrogens is 797 g/mol. The molecule has 2 nitrogen and oxygen atoms in total. The van der Waals surface area contributed by atoms with Crippen LogP contribution in [0.4, 0.5) is 0 Å². The van der Waals surface area contributed by atoms with Gasteiger partial charge in [0.2, 0.25) is 0 Å². The standard InChI is InChI=1S/C64H40N2/c1-3-17-39-37(15-1)35-38-16-2-4-18-40(38)59(39)60-45-25-13-23-41(47-31-33-49-43-19-5-9-27-55(43)65-57-29-11-7-21-51(57)61(47)63(49)65)53(45)36-54-42(24-14-26-46(54)60)48-32-34-50-44-20-6-10-28-56(44)66-58-30-12-8-22-52(58)62(48)64(50)66/h1-3,5-17,19-36,51,57H,4,18H2. The van der Waals surface area contributed by atoms with E-state index in [-0.39, 0.29) is 12.0 Å². The lowest BCUT2D eigenvalue weighted by Crippen LogP contribution is -2.09. The van der Waals surface area contributed by atoms with Crippen LogP contribution < -0.4 is 0 Å². The Labute approximate surface area is 380 Å². The van der Waals surface area contributed by atoms with Crippen molar-refractivity contribution in [1.29, 1.82) is 0 Å². The third-order valence-corrected chi connectivity index (χ3v) is 15.8. The van der Waals surface area contributed by atoms with E-state index in [4.69, 9.17) is 0 Å². The second-order valence-electron chi connectivity index (χ2n) is 18.9. The van der Waals surface area contributed by atoms with E-state index in [2.05, 4.69) is 215 Å². The van der Waals surface area contributed by atoms with Gasteiger partial charge < -0.3 is 8.97 Å². The van der Waals surface area contributed by atoms with Gasteiger partial charge in [-0.25, -0.2) is 0 Å². The van der Waals surface area contributed by atoms with Gasteiger partial charge in [-0.15, -0.1) is 0 Å². The Morgan fingerprint density at radius 1 is 0.424 bits per heavy atom. The molecule has 0 radical (unpaired) electrons. The summed E-state index contributed by atoms with van der Waals surface area (Å²) in [4.78, 5) is 0. The van der Waals surface area contributed by atoms with Crippen molar-refractivity contribution in [2.75, 3.05) is 0 Å². The zero-order valence-electron chi connectivity index (χ0n) is 36.1. The fourth-order valence-corrected chi connectivity index (χ4v) is 13.3. The Hall–Kier alpha value is -8.20.